The van der Waals surface area contributed by atoms with Gasteiger partial charge < -0.3 is 4.42 Å². The van der Waals surface area contributed by atoms with Crippen molar-refractivity contribution in [2.75, 3.05) is 26.2 Å². The molecule has 2 heterocycles. The van der Waals surface area contributed by atoms with Crippen LogP contribution >= 0.6 is 0 Å². The van der Waals surface area contributed by atoms with Gasteiger partial charge in [-0.05, 0) is 36.2 Å². The van der Waals surface area contributed by atoms with E-state index in [2.05, 4.69) is 11.8 Å². The van der Waals surface area contributed by atoms with Gasteiger partial charge in [-0.15, -0.1) is 0 Å². The maximum atomic E-state index is 12.9. The van der Waals surface area contributed by atoms with Crippen LogP contribution in [0, 0.1) is 0 Å². The highest BCUT2D eigenvalue weighted by atomic mass is 32.2. The zero-order chi connectivity index (χ0) is 20.4. The molecule has 1 saturated heterocycles. The number of nitrogens with zero attached hydrogens (tertiary/aromatic N) is 3. The van der Waals surface area contributed by atoms with Crippen LogP contribution < -0.4 is 5.76 Å². The first-order valence-electron chi connectivity index (χ1n) is 9.89. The molecular weight excluding hydrogens is 390 g/mol. The minimum Gasteiger partial charge on any atom is -0.408 e. The Hall–Kier alpha value is -2.42. The summed E-state index contributed by atoms with van der Waals surface area (Å²) >= 11 is 0. The van der Waals surface area contributed by atoms with Crippen LogP contribution in [-0.2, 0) is 23.1 Å². The quantitative estimate of drug-likeness (QED) is 0.618. The van der Waals surface area contributed by atoms with Crippen molar-refractivity contribution in [2.45, 2.75) is 31.3 Å². The zero-order valence-corrected chi connectivity index (χ0v) is 17.3. The van der Waals surface area contributed by atoms with Crippen molar-refractivity contribution >= 4 is 21.1 Å². The van der Waals surface area contributed by atoms with E-state index in [-0.39, 0.29) is 0 Å². The van der Waals surface area contributed by atoms with Gasteiger partial charge in [0.25, 0.3) is 0 Å². The van der Waals surface area contributed by atoms with Crippen LogP contribution in [0.2, 0.25) is 0 Å². The maximum Gasteiger partial charge on any atom is 0.421 e. The first kappa shape index (κ1) is 19.9. The fourth-order valence-corrected chi connectivity index (χ4v) is 5.15. The normalized spacial score (nSPS) is 16.4. The Kier molecular flexibility index (Phi) is 5.58. The first-order chi connectivity index (χ1) is 14.0. The number of fused-ring (bicyclic) bond motifs is 1. The Morgan fingerprint density at radius 1 is 0.966 bits per heavy atom. The average molecular weight is 416 g/mol. The molecule has 7 nitrogen and oxygen atoms in total. The van der Waals surface area contributed by atoms with Crippen LogP contribution in [0.5, 0.6) is 0 Å². The van der Waals surface area contributed by atoms with Crippen molar-refractivity contribution in [3.8, 4) is 0 Å². The van der Waals surface area contributed by atoms with E-state index in [1.165, 1.54) is 4.31 Å². The van der Waals surface area contributed by atoms with Crippen molar-refractivity contribution in [2.24, 2.45) is 0 Å². The van der Waals surface area contributed by atoms with E-state index in [4.69, 9.17) is 4.42 Å². The summed E-state index contributed by atoms with van der Waals surface area (Å²) in [5.74, 6) is -0.395. The molecule has 1 aliphatic rings. The summed E-state index contributed by atoms with van der Waals surface area (Å²) in [5, 5.41) is 0. The molecule has 1 fully saturated rings. The monoisotopic (exact) mass is 415 g/mol. The highest BCUT2D eigenvalue weighted by molar-refractivity contribution is 7.89. The minimum atomic E-state index is -3.50. The highest BCUT2D eigenvalue weighted by Crippen LogP contribution is 2.19. The second-order valence-electron chi connectivity index (χ2n) is 7.32. The molecule has 0 spiro atoms. The maximum absolute atomic E-state index is 12.9. The second-order valence-corrected chi connectivity index (χ2v) is 9.26. The van der Waals surface area contributed by atoms with E-state index in [1.807, 2.05) is 30.3 Å². The third kappa shape index (κ3) is 4.01. The topological polar surface area (TPSA) is 75.8 Å². The highest BCUT2D eigenvalue weighted by Gasteiger charge is 2.29. The summed E-state index contributed by atoms with van der Waals surface area (Å²) in [4.78, 5) is 14.6. The number of para-hydroxylation sites is 2. The number of benzene rings is 2. The van der Waals surface area contributed by atoms with Gasteiger partial charge in [-0.3, -0.25) is 9.47 Å². The molecule has 0 saturated carbocycles. The standard InChI is InChI=1S/C21H25N3O4S/c1-2-5-17-8-10-18(11-9-17)29(26,27)23-14-12-22(13-15-23)16-24-19-6-3-4-7-20(19)28-21(24)25/h3-4,6-11H,2,5,12-16H2,1H3. The molecule has 0 bridgehead atoms. The molecule has 3 aromatic rings. The van der Waals surface area contributed by atoms with E-state index < -0.39 is 15.8 Å². The van der Waals surface area contributed by atoms with E-state index in [0.717, 1.165) is 23.9 Å². The van der Waals surface area contributed by atoms with Crippen molar-refractivity contribution in [1.82, 2.24) is 13.8 Å². The van der Waals surface area contributed by atoms with Gasteiger partial charge in [0, 0.05) is 26.2 Å². The van der Waals surface area contributed by atoms with E-state index in [1.54, 1.807) is 22.8 Å². The summed E-state index contributed by atoms with van der Waals surface area (Å²) in [6, 6.07) is 14.5. The van der Waals surface area contributed by atoms with Crippen LogP contribution in [0.25, 0.3) is 11.1 Å². The minimum absolute atomic E-state index is 0.336. The largest absolute Gasteiger partial charge is 0.421 e. The SMILES string of the molecule is CCCc1ccc(S(=O)(=O)N2CCN(Cn3c(=O)oc4ccccc43)CC2)cc1. The van der Waals surface area contributed by atoms with Crippen molar-refractivity contribution in [3.05, 3.63) is 64.6 Å². The van der Waals surface area contributed by atoms with Crippen molar-refractivity contribution in [1.29, 1.82) is 0 Å². The van der Waals surface area contributed by atoms with Crippen LogP contribution in [0.1, 0.15) is 18.9 Å². The van der Waals surface area contributed by atoms with Crippen LogP contribution in [-0.4, -0.2) is 48.4 Å². The number of sulfonamides is 1. The number of aryl methyl sites for hydroxylation is 1. The number of oxazole rings is 1. The Labute approximate surface area is 170 Å². The molecule has 1 aliphatic heterocycles. The second kappa shape index (κ2) is 8.14. The van der Waals surface area contributed by atoms with Gasteiger partial charge in [-0.25, -0.2) is 13.2 Å². The van der Waals surface area contributed by atoms with Crippen molar-refractivity contribution < 1.29 is 12.8 Å². The summed E-state index contributed by atoms with van der Waals surface area (Å²) < 4.78 is 34.3. The molecule has 1 aromatic heterocycles. The molecule has 0 radical (unpaired) electrons. The van der Waals surface area contributed by atoms with E-state index >= 15 is 0 Å². The summed E-state index contributed by atoms with van der Waals surface area (Å²) in [6.45, 7) is 4.38. The molecule has 2 aromatic carbocycles. The van der Waals surface area contributed by atoms with Gasteiger partial charge in [-0.1, -0.05) is 37.6 Å². The zero-order valence-electron chi connectivity index (χ0n) is 16.5. The van der Waals surface area contributed by atoms with Gasteiger partial charge in [0.05, 0.1) is 17.1 Å². The fourth-order valence-electron chi connectivity index (χ4n) is 3.73. The molecule has 0 atom stereocenters. The van der Waals surface area contributed by atoms with Crippen molar-refractivity contribution in [3.63, 3.8) is 0 Å². The van der Waals surface area contributed by atoms with Gasteiger partial charge in [-0.2, -0.15) is 4.31 Å². The third-order valence-corrected chi connectivity index (χ3v) is 7.26. The molecule has 0 aliphatic carbocycles. The number of hydrogen-bond donors (Lipinski definition) is 0. The lowest BCUT2D eigenvalue weighted by Crippen LogP contribution is -2.49. The molecule has 154 valence electrons. The lowest BCUT2D eigenvalue weighted by molar-refractivity contribution is 0.150. The summed E-state index contributed by atoms with van der Waals surface area (Å²) in [6.07, 6.45) is 1.98. The fraction of sp³-hybridized carbons (Fsp3) is 0.381. The average Bonchev–Trinajstić information content (AvgIpc) is 3.04. The lowest BCUT2D eigenvalue weighted by Gasteiger charge is -2.33. The smallest absolute Gasteiger partial charge is 0.408 e. The molecule has 29 heavy (non-hydrogen) atoms. The van der Waals surface area contributed by atoms with Gasteiger partial charge in [0.15, 0.2) is 5.58 Å². The lowest BCUT2D eigenvalue weighted by atomic mass is 10.1. The van der Waals surface area contributed by atoms with Crippen LogP contribution in [0.15, 0.2) is 62.6 Å². The van der Waals surface area contributed by atoms with Gasteiger partial charge >= 0.3 is 5.76 Å². The molecule has 0 amide bonds. The number of aromatic nitrogens is 1. The predicted octanol–water partition coefficient (Wildman–Crippen LogP) is 2.51. The predicted molar refractivity (Wildman–Crippen MR) is 111 cm³/mol. The van der Waals surface area contributed by atoms with E-state index in [0.29, 0.717) is 43.3 Å². The van der Waals surface area contributed by atoms with Crippen LogP contribution in [0.3, 0.4) is 0 Å². The summed E-state index contributed by atoms with van der Waals surface area (Å²) in [7, 11) is -3.50. The third-order valence-electron chi connectivity index (χ3n) is 5.35. The Morgan fingerprint density at radius 2 is 1.66 bits per heavy atom. The Morgan fingerprint density at radius 3 is 2.34 bits per heavy atom. The number of hydrogen-bond acceptors (Lipinski definition) is 5. The molecule has 8 heteroatoms. The molecule has 0 N–H and O–H groups in total. The summed E-state index contributed by atoms with van der Waals surface area (Å²) in [5.41, 5.74) is 2.46. The number of rotatable bonds is 6. The Balaban J connectivity index is 1.43. The molecule has 0 unspecified atom stereocenters. The number of piperazine rings is 1. The van der Waals surface area contributed by atoms with Crippen LogP contribution in [0.4, 0.5) is 0 Å². The molecule has 4 rings (SSSR count). The first-order valence-corrected chi connectivity index (χ1v) is 11.3. The van der Waals surface area contributed by atoms with E-state index in [9.17, 15) is 13.2 Å². The molecular formula is C21H25N3O4S. The van der Waals surface area contributed by atoms with Gasteiger partial charge in [0.1, 0.15) is 0 Å². The Bertz CT molecular complexity index is 1140. The van der Waals surface area contributed by atoms with Gasteiger partial charge in [0.2, 0.25) is 10.0 Å².